The number of carboxylic acid groups (broad SMARTS) is 1. The van der Waals surface area contributed by atoms with Gasteiger partial charge in [-0.05, 0) is 12.8 Å². The number of fused-ring (bicyclic) bond motifs is 1. The average molecular weight is 221 g/mol. The van der Waals surface area contributed by atoms with E-state index in [2.05, 4.69) is 15.9 Å². The zero-order chi connectivity index (χ0) is 8.06. The summed E-state index contributed by atoms with van der Waals surface area (Å²) in [5.41, 5.74) is 0. The molecule has 0 aromatic heterocycles. The van der Waals surface area contributed by atoms with Crippen LogP contribution in [0.15, 0.2) is 0 Å². The first-order chi connectivity index (χ1) is 5.12. The molecule has 0 amide bonds. The van der Waals surface area contributed by atoms with Gasteiger partial charge in [0.25, 0.3) is 0 Å². The molecule has 1 N–H and O–H groups in total. The summed E-state index contributed by atoms with van der Waals surface area (Å²) in [6.07, 6.45) is 2.75. The number of hydrogen-bond donors (Lipinski definition) is 1. The fourth-order valence-electron chi connectivity index (χ4n) is 1.60. The number of carbonyl (C=O) groups is 1. The van der Waals surface area contributed by atoms with Crippen LogP contribution in [0.4, 0.5) is 0 Å². The van der Waals surface area contributed by atoms with Crippen molar-refractivity contribution in [1.82, 2.24) is 0 Å². The lowest BCUT2D eigenvalue weighted by Crippen LogP contribution is -2.36. The third-order valence-electron chi connectivity index (χ3n) is 2.42. The maximum absolute atomic E-state index is 10.7. The number of aliphatic carboxylic acids is 1. The van der Waals surface area contributed by atoms with E-state index in [-0.39, 0.29) is 6.10 Å². The van der Waals surface area contributed by atoms with Gasteiger partial charge in [-0.1, -0.05) is 15.9 Å². The highest BCUT2D eigenvalue weighted by atomic mass is 79.9. The van der Waals surface area contributed by atoms with Gasteiger partial charge in [-0.2, -0.15) is 0 Å². The minimum absolute atomic E-state index is 0.208. The molecule has 1 aliphatic heterocycles. The number of rotatable bonds is 1. The van der Waals surface area contributed by atoms with Gasteiger partial charge in [0.05, 0.1) is 12.2 Å². The molecule has 0 spiro atoms. The van der Waals surface area contributed by atoms with E-state index < -0.39 is 10.3 Å². The van der Waals surface area contributed by atoms with E-state index in [4.69, 9.17) is 9.84 Å². The maximum Gasteiger partial charge on any atom is 0.320 e. The smallest absolute Gasteiger partial charge is 0.320 e. The van der Waals surface area contributed by atoms with E-state index in [1.54, 1.807) is 0 Å². The second-order valence-corrected chi connectivity index (χ2v) is 4.74. The number of carboxylic acids is 1. The third kappa shape index (κ3) is 1.18. The molecule has 0 aromatic rings. The van der Waals surface area contributed by atoms with Crippen molar-refractivity contribution in [1.29, 1.82) is 0 Å². The van der Waals surface area contributed by atoms with Gasteiger partial charge >= 0.3 is 5.97 Å². The molecule has 1 aliphatic carbocycles. The summed E-state index contributed by atoms with van der Waals surface area (Å²) < 4.78 is 4.53. The Labute approximate surface area is 72.9 Å². The number of hydrogen-bond acceptors (Lipinski definition) is 2. The lowest BCUT2D eigenvalue weighted by molar-refractivity contribution is -0.140. The van der Waals surface area contributed by atoms with Gasteiger partial charge in [-0.15, -0.1) is 0 Å². The second kappa shape index (κ2) is 2.20. The van der Waals surface area contributed by atoms with Crippen LogP contribution in [0.5, 0.6) is 0 Å². The standard InChI is InChI=1S/C7H9BrO3/c8-7(6(9)10)2-1-4-5(3-7)11-4/h4-5H,1-3H2,(H,9,10). The second-order valence-electron chi connectivity index (χ2n) is 3.23. The van der Waals surface area contributed by atoms with Crippen molar-refractivity contribution >= 4 is 21.9 Å². The molecule has 2 rings (SSSR count). The Balaban J connectivity index is 2.08. The quantitative estimate of drug-likeness (QED) is 0.533. The molecule has 62 valence electrons. The predicted octanol–water partition coefficient (Wildman–Crippen LogP) is 1.16. The van der Waals surface area contributed by atoms with Gasteiger partial charge in [-0.3, -0.25) is 4.79 Å². The maximum atomic E-state index is 10.7. The van der Waals surface area contributed by atoms with Crippen LogP contribution in [0, 0.1) is 0 Å². The van der Waals surface area contributed by atoms with Crippen molar-refractivity contribution in [2.24, 2.45) is 0 Å². The van der Waals surface area contributed by atoms with Crippen LogP contribution in [-0.4, -0.2) is 27.6 Å². The van der Waals surface area contributed by atoms with Crippen LogP contribution < -0.4 is 0 Å². The van der Waals surface area contributed by atoms with Crippen LogP contribution in [0.1, 0.15) is 19.3 Å². The van der Waals surface area contributed by atoms with Crippen LogP contribution in [0.3, 0.4) is 0 Å². The van der Waals surface area contributed by atoms with E-state index in [0.29, 0.717) is 18.9 Å². The average Bonchev–Trinajstić information content (AvgIpc) is 2.65. The zero-order valence-electron chi connectivity index (χ0n) is 5.92. The summed E-state index contributed by atoms with van der Waals surface area (Å²) >= 11 is 3.25. The van der Waals surface area contributed by atoms with Gasteiger partial charge in [0, 0.05) is 6.42 Å². The molecule has 0 aromatic carbocycles. The highest BCUT2D eigenvalue weighted by molar-refractivity contribution is 9.10. The Hall–Kier alpha value is -0.0900. The summed E-state index contributed by atoms with van der Waals surface area (Å²) in [6, 6.07) is 0. The molecule has 1 saturated heterocycles. The Morgan fingerprint density at radius 1 is 1.64 bits per heavy atom. The van der Waals surface area contributed by atoms with Crippen LogP contribution in [0.2, 0.25) is 0 Å². The number of halogens is 1. The number of alkyl halides is 1. The normalized spacial score (nSPS) is 48.1. The molecule has 11 heavy (non-hydrogen) atoms. The van der Waals surface area contributed by atoms with E-state index in [1.165, 1.54) is 0 Å². The van der Waals surface area contributed by atoms with E-state index in [0.717, 1.165) is 6.42 Å². The monoisotopic (exact) mass is 220 g/mol. The van der Waals surface area contributed by atoms with Gasteiger partial charge < -0.3 is 9.84 Å². The van der Waals surface area contributed by atoms with Crippen LogP contribution in [0.25, 0.3) is 0 Å². The summed E-state index contributed by atoms with van der Waals surface area (Å²) in [4.78, 5) is 10.7. The summed E-state index contributed by atoms with van der Waals surface area (Å²) in [5.74, 6) is -0.758. The molecule has 1 heterocycles. The molecule has 2 fully saturated rings. The summed E-state index contributed by atoms with van der Waals surface area (Å²) in [5, 5.41) is 8.83. The minimum Gasteiger partial charge on any atom is -0.480 e. The molecule has 0 radical (unpaired) electrons. The van der Waals surface area contributed by atoms with Crippen LogP contribution in [-0.2, 0) is 9.53 Å². The first-order valence-corrected chi connectivity index (χ1v) is 4.49. The molecule has 0 bridgehead atoms. The number of epoxide rings is 1. The Morgan fingerprint density at radius 3 is 2.91 bits per heavy atom. The molecule has 4 heteroatoms. The minimum atomic E-state index is -0.758. The first-order valence-electron chi connectivity index (χ1n) is 3.70. The highest BCUT2D eigenvalue weighted by Crippen LogP contribution is 2.45. The van der Waals surface area contributed by atoms with E-state index in [9.17, 15) is 4.79 Å². The van der Waals surface area contributed by atoms with Crippen molar-refractivity contribution in [3.63, 3.8) is 0 Å². The zero-order valence-corrected chi connectivity index (χ0v) is 7.50. The fourth-order valence-corrected chi connectivity index (χ4v) is 2.15. The molecular formula is C7H9BrO3. The number of ether oxygens (including phenoxy) is 1. The lowest BCUT2D eigenvalue weighted by atomic mass is 9.89. The third-order valence-corrected chi connectivity index (χ3v) is 3.48. The van der Waals surface area contributed by atoms with Gasteiger partial charge in [0.2, 0.25) is 0 Å². The summed E-state index contributed by atoms with van der Waals surface area (Å²) in [7, 11) is 0. The fraction of sp³-hybridized carbons (Fsp3) is 0.857. The molecule has 3 atom stereocenters. The van der Waals surface area contributed by atoms with Gasteiger partial charge in [-0.25, -0.2) is 0 Å². The van der Waals surface area contributed by atoms with Crippen molar-refractivity contribution in [2.75, 3.05) is 0 Å². The van der Waals surface area contributed by atoms with Gasteiger partial charge in [0.15, 0.2) is 0 Å². The molecular weight excluding hydrogens is 212 g/mol. The molecule has 1 saturated carbocycles. The molecule has 3 nitrogen and oxygen atoms in total. The van der Waals surface area contributed by atoms with Crippen LogP contribution >= 0.6 is 15.9 Å². The lowest BCUT2D eigenvalue weighted by Gasteiger charge is -2.24. The predicted molar refractivity (Wildman–Crippen MR) is 41.8 cm³/mol. The van der Waals surface area contributed by atoms with Crippen molar-refractivity contribution in [3.8, 4) is 0 Å². The Bertz CT molecular complexity index is 206. The van der Waals surface area contributed by atoms with Crippen molar-refractivity contribution in [3.05, 3.63) is 0 Å². The molecule has 3 unspecified atom stereocenters. The Kier molecular flexibility index (Phi) is 1.51. The SMILES string of the molecule is O=C(O)C1(Br)CCC2OC2C1. The largest absolute Gasteiger partial charge is 0.480 e. The Morgan fingerprint density at radius 2 is 2.36 bits per heavy atom. The van der Waals surface area contributed by atoms with Gasteiger partial charge in [0.1, 0.15) is 4.32 Å². The van der Waals surface area contributed by atoms with Crippen molar-refractivity contribution in [2.45, 2.75) is 35.8 Å². The van der Waals surface area contributed by atoms with Crippen molar-refractivity contribution < 1.29 is 14.6 Å². The van der Waals surface area contributed by atoms with E-state index >= 15 is 0 Å². The first kappa shape index (κ1) is 7.55. The summed E-state index contributed by atoms with van der Waals surface area (Å²) in [6.45, 7) is 0. The molecule has 2 aliphatic rings. The van der Waals surface area contributed by atoms with E-state index in [1.807, 2.05) is 0 Å². The highest BCUT2D eigenvalue weighted by Gasteiger charge is 2.52. The topological polar surface area (TPSA) is 49.8 Å².